The van der Waals surface area contributed by atoms with Crippen LogP contribution in [0.4, 0.5) is 4.39 Å². The van der Waals surface area contributed by atoms with Crippen molar-refractivity contribution in [1.29, 1.82) is 0 Å². The van der Waals surface area contributed by atoms with E-state index in [1.807, 2.05) is 6.07 Å². The first-order valence-corrected chi connectivity index (χ1v) is 5.37. The molecule has 0 fully saturated rings. The lowest BCUT2D eigenvalue weighted by Gasteiger charge is -1.92. The average molecular weight is 235 g/mol. The monoisotopic (exact) mass is 234 g/mol. The fraction of sp³-hybridized carbons (Fsp3) is 0.111. The molecule has 2 aromatic rings. The normalized spacial score (nSPS) is 11.0. The van der Waals surface area contributed by atoms with E-state index in [9.17, 15) is 4.39 Å². The Labute approximate surface area is 88.9 Å². The second-order valence-electron chi connectivity index (χ2n) is 2.65. The van der Waals surface area contributed by atoms with Gasteiger partial charge in [-0.2, -0.15) is 0 Å². The Bertz CT molecular complexity index is 411. The van der Waals surface area contributed by atoms with E-state index < -0.39 is 0 Å². The summed E-state index contributed by atoms with van der Waals surface area (Å²) >= 11 is 12.8. The molecular weight excluding hydrogens is 230 g/mol. The predicted octanol–water partition coefficient (Wildman–Crippen LogP) is 4.43. The van der Waals surface area contributed by atoms with Crippen LogP contribution < -0.4 is 0 Å². The molecule has 0 atom stereocenters. The van der Waals surface area contributed by atoms with Gasteiger partial charge in [-0.1, -0.05) is 11.6 Å². The van der Waals surface area contributed by atoms with Crippen molar-refractivity contribution < 1.29 is 4.39 Å². The zero-order valence-corrected chi connectivity index (χ0v) is 8.81. The number of thiophene rings is 1. The van der Waals surface area contributed by atoms with Gasteiger partial charge in [0.15, 0.2) is 0 Å². The second-order valence-corrected chi connectivity index (χ2v) is 4.49. The van der Waals surface area contributed by atoms with Gasteiger partial charge in [0.1, 0.15) is 5.82 Å². The van der Waals surface area contributed by atoms with E-state index in [4.69, 9.17) is 23.2 Å². The average Bonchev–Trinajstić information content (AvgIpc) is 2.48. The van der Waals surface area contributed by atoms with E-state index in [2.05, 4.69) is 0 Å². The minimum atomic E-state index is -0.381. The summed E-state index contributed by atoms with van der Waals surface area (Å²) < 4.78 is 14.0. The second kappa shape index (κ2) is 3.45. The third-order valence-corrected chi connectivity index (χ3v) is 3.58. The first-order valence-electron chi connectivity index (χ1n) is 3.64. The Balaban J connectivity index is 2.70. The lowest BCUT2D eigenvalue weighted by molar-refractivity contribution is 0.630. The molecule has 68 valence electrons. The molecule has 0 saturated carbocycles. The maximum Gasteiger partial charge on any atom is 0.142 e. The third kappa shape index (κ3) is 1.66. The van der Waals surface area contributed by atoms with Gasteiger partial charge in [-0.05, 0) is 23.6 Å². The van der Waals surface area contributed by atoms with Crippen LogP contribution in [-0.2, 0) is 5.88 Å². The molecule has 0 N–H and O–H groups in total. The van der Waals surface area contributed by atoms with Crippen LogP contribution in [0.15, 0.2) is 18.2 Å². The first kappa shape index (κ1) is 9.25. The largest absolute Gasteiger partial charge is 0.205 e. The van der Waals surface area contributed by atoms with E-state index in [0.717, 1.165) is 15.0 Å². The van der Waals surface area contributed by atoms with Gasteiger partial charge in [0.25, 0.3) is 0 Å². The SMILES string of the molecule is Fc1cc2cc(CCl)sc2cc1Cl. The summed E-state index contributed by atoms with van der Waals surface area (Å²) in [6, 6.07) is 4.95. The molecule has 0 unspecified atom stereocenters. The van der Waals surface area contributed by atoms with Crippen LogP contribution in [-0.4, -0.2) is 0 Å². The van der Waals surface area contributed by atoms with Crippen LogP contribution >= 0.6 is 34.5 Å². The molecule has 4 heteroatoms. The van der Waals surface area contributed by atoms with Crippen molar-refractivity contribution in [3.63, 3.8) is 0 Å². The van der Waals surface area contributed by atoms with E-state index in [-0.39, 0.29) is 10.8 Å². The maximum atomic E-state index is 13.0. The topological polar surface area (TPSA) is 0 Å². The van der Waals surface area contributed by atoms with E-state index in [1.54, 1.807) is 6.07 Å². The highest BCUT2D eigenvalue weighted by molar-refractivity contribution is 7.19. The number of benzene rings is 1. The van der Waals surface area contributed by atoms with Crippen LogP contribution in [0.3, 0.4) is 0 Å². The smallest absolute Gasteiger partial charge is 0.142 e. The molecule has 0 nitrogen and oxygen atoms in total. The van der Waals surface area contributed by atoms with Crippen LogP contribution in [0.1, 0.15) is 4.88 Å². The minimum absolute atomic E-state index is 0.162. The molecule has 13 heavy (non-hydrogen) atoms. The van der Waals surface area contributed by atoms with Crippen molar-refractivity contribution in [2.75, 3.05) is 0 Å². The highest BCUT2D eigenvalue weighted by Gasteiger charge is 2.05. The number of halogens is 3. The highest BCUT2D eigenvalue weighted by Crippen LogP contribution is 2.30. The summed E-state index contributed by atoms with van der Waals surface area (Å²) in [5, 5.41) is 1.03. The van der Waals surface area contributed by atoms with Crippen molar-refractivity contribution >= 4 is 44.6 Å². The fourth-order valence-corrected chi connectivity index (χ4v) is 2.56. The minimum Gasteiger partial charge on any atom is -0.205 e. The first-order chi connectivity index (χ1) is 6.20. The summed E-state index contributed by atoms with van der Waals surface area (Å²) in [5.41, 5.74) is 0. The van der Waals surface area contributed by atoms with Crippen molar-refractivity contribution in [2.24, 2.45) is 0 Å². The molecule has 0 saturated heterocycles. The van der Waals surface area contributed by atoms with Crippen LogP contribution in [0.25, 0.3) is 10.1 Å². The molecule has 0 aliphatic carbocycles. The molecule has 2 rings (SSSR count). The number of hydrogen-bond donors (Lipinski definition) is 0. The van der Waals surface area contributed by atoms with Crippen molar-refractivity contribution in [3.8, 4) is 0 Å². The number of hydrogen-bond acceptors (Lipinski definition) is 1. The van der Waals surface area contributed by atoms with Gasteiger partial charge in [-0.3, -0.25) is 0 Å². The molecule has 0 radical (unpaired) electrons. The van der Waals surface area contributed by atoms with E-state index >= 15 is 0 Å². The van der Waals surface area contributed by atoms with Crippen molar-refractivity contribution in [3.05, 3.63) is 33.9 Å². The number of fused-ring (bicyclic) bond motifs is 1. The summed E-state index contributed by atoms with van der Waals surface area (Å²) in [5.74, 6) is 0.0755. The standard InChI is InChI=1S/C9H5Cl2FS/c10-4-6-1-5-2-8(12)7(11)3-9(5)13-6/h1-3H,4H2. The quantitative estimate of drug-likeness (QED) is 0.641. The summed E-state index contributed by atoms with van der Waals surface area (Å²) in [7, 11) is 0. The molecular formula is C9H5Cl2FS. The zero-order chi connectivity index (χ0) is 9.42. The molecule has 1 aromatic heterocycles. The molecule has 1 heterocycles. The van der Waals surface area contributed by atoms with Gasteiger partial charge in [0, 0.05) is 9.58 Å². The third-order valence-electron chi connectivity index (χ3n) is 1.74. The van der Waals surface area contributed by atoms with Gasteiger partial charge in [-0.25, -0.2) is 4.39 Å². The Morgan fingerprint density at radius 2 is 2.08 bits per heavy atom. The number of rotatable bonds is 1. The van der Waals surface area contributed by atoms with Crippen LogP contribution in [0.5, 0.6) is 0 Å². The van der Waals surface area contributed by atoms with E-state index in [1.165, 1.54) is 17.4 Å². The summed E-state index contributed by atoms with van der Waals surface area (Å²) in [4.78, 5) is 1.03. The van der Waals surface area contributed by atoms with Gasteiger partial charge < -0.3 is 0 Å². The Hall–Kier alpha value is -0.310. The molecule has 1 aromatic carbocycles. The van der Waals surface area contributed by atoms with Gasteiger partial charge >= 0.3 is 0 Å². The molecule has 0 aliphatic heterocycles. The highest BCUT2D eigenvalue weighted by atomic mass is 35.5. The van der Waals surface area contributed by atoms with Crippen LogP contribution in [0.2, 0.25) is 5.02 Å². The lowest BCUT2D eigenvalue weighted by Crippen LogP contribution is -1.73. The summed E-state index contributed by atoms with van der Waals surface area (Å²) in [6.45, 7) is 0. The van der Waals surface area contributed by atoms with Gasteiger partial charge in [-0.15, -0.1) is 22.9 Å². The molecule has 0 amide bonds. The van der Waals surface area contributed by atoms with E-state index in [0.29, 0.717) is 5.88 Å². The molecule has 0 aliphatic rings. The molecule has 0 spiro atoms. The Morgan fingerprint density at radius 1 is 1.31 bits per heavy atom. The molecule has 0 bridgehead atoms. The maximum absolute atomic E-state index is 13.0. The summed E-state index contributed by atoms with van der Waals surface area (Å²) in [6.07, 6.45) is 0. The van der Waals surface area contributed by atoms with Gasteiger partial charge in [0.05, 0.1) is 10.9 Å². The Morgan fingerprint density at radius 3 is 2.77 bits per heavy atom. The van der Waals surface area contributed by atoms with Crippen molar-refractivity contribution in [1.82, 2.24) is 0 Å². The lowest BCUT2D eigenvalue weighted by atomic mass is 10.2. The van der Waals surface area contributed by atoms with Gasteiger partial charge in [0.2, 0.25) is 0 Å². The zero-order valence-electron chi connectivity index (χ0n) is 6.48. The Kier molecular flexibility index (Phi) is 2.45. The predicted molar refractivity (Wildman–Crippen MR) is 56.4 cm³/mol. The number of alkyl halides is 1. The fourth-order valence-electron chi connectivity index (χ4n) is 1.16. The van der Waals surface area contributed by atoms with Crippen molar-refractivity contribution in [2.45, 2.75) is 5.88 Å². The van der Waals surface area contributed by atoms with Crippen LogP contribution in [0, 0.1) is 5.82 Å².